The van der Waals surface area contributed by atoms with E-state index in [0.717, 1.165) is 25.0 Å². The number of aromatic nitrogens is 2. The van der Waals surface area contributed by atoms with E-state index in [1.54, 1.807) is 22.6 Å². The van der Waals surface area contributed by atoms with Crippen LogP contribution in [-0.4, -0.2) is 45.9 Å². The van der Waals surface area contributed by atoms with Gasteiger partial charge in [-0.3, -0.25) is 14.2 Å². The summed E-state index contributed by atoms with van der Waals surface area (Å²) in [5.41, 5.74) is 1.65. The topological polar surface area (TPSA) is 64.4 Å². The molecule has 30 heavy (non-hydrogen) atoms. The maximum Gasteiger partial charge on any atom is 0.262 e. The normalized spacial score (nSPS) is 16.1. The van der Waals surface area contributed by atoms with Crippen molar-refractivity contribution < 1.29 is 9.53 Å². The highest BCUT2D eigenvalue weighted by Crippen LogP contribution is 2.21. The number of hydrogen-bond donors (Lipinski definition) is 0. The average Bonchev–Trinajstić information content (AvgIpc) is 3.28. The zero-order valence-electron chi connectivity index (χ0n) is 17.0. The summed E-state index contributed by atoms with van der Waals surface area (Å²) in [6.07, 6.45) is 1.95. The number of fused-ring (bicyclic) bond motifs is 1. The van der Waals surface area contributed by atoms with Crippen LogP contribution in [0.15, 0.2) is 64.5 Å². The van der Waals surface area contributed by atoms with Gasteiger partial charge >= 0.3 is 0 Å². The number of amides is 1. The van der Waals surface area contributed by atoms with E-state index >= 15 is 0 Å². The fourth-order valence-electron chi connectivity index (χ4n) is 3.59. The first-order valence-electron chi connectivity index (χ1n) is 10.1. The van der Waals surface area contributed by atoms with Gasteiger partial charge in [-0.25, -0.2) is 4.98 Å². The molecule has 6 nitrogen and oxygen atoms in total. The van der Waals surface area contributed by atoms with Crippen molar-refractivity contribution in [1.82, 2.24) is 14.5 Å². The summed E-state index contributed by atoms with van der Waals surface area (Å²) in [4.78, 5) is 32.2. The number of benzene rings is 2. The van der Waals surface area contributed by atoms with Gasteiger partial charge in [0.15, 0.2) is 5.16 Å². The van der Waals surface area contributed by atoms with E-state index in [1.807, 2.05) is 48.5 Å². The summed E-state index contributed by atoms with van der Waals surface area (Å²) in [6, 6.07) is 17.2. The third-order valence-electron chi connectivity index (χ3n) is 5.25. The molecule has 1 aromatic heterocycles. The molecular weight excluding hydrogens is 398 g/mol. The Hall–Kier alpha value is -2.64. The molecule has 0 radical (unpaired) electrons. The van der Waals surface area contributed by atoms with Crippen LogP contribution >= 0.6 is 11.8 Å². The largest absolute Gasteiger partial charge is 0.376 e. The summed E-state index contributed by atoms with van der Waals surface area (Å²) in [6.45, 7) is 1.74. The lowest BCUT2D eigenvalue weighted by molar-refractivity contribution is -0.127. The van der Waals surface area contributed by atoms with Gasteiger partial charge in [-0.2, -0.15) is 0 Å². The molecule has 3 aromatic rings. The van der Waals surface area contributed by atoms with Gasteiger partial charge < -0.3 is 9.64 Å². The third kappa shape index (κ3) is 4.74. The van der Waals surface area contributed by atoms with Crippen molar-refractivity contribution in [2.75, 3.05) is 19.4 Å². The average molecular weight is 424 g/mol. The van der Waals surface area contributed by atoms with Crippen LogP contribution in [-0.2, 0) is 22.6 Å². The molecule has 156 valence electrons. The Balaban J connectivity index is 1.53. The number of carbonyl (C=O) groups excluding carboxylic acids is 1. The molecule has 1 aliphatic heterocycles. The number of hydrogen-bond acceptors (Lipinski definition) is 5. The van der Waals surface area contributed by atoms with E-state index < -0.39 is 0 Å². The van der Waals surface area contributed by atoms with Crippen LogP contribution in [0.3, 0.4) is 0 Å². The van der Waals surface area contributed by atoms with E-state index in [-0.39, 0.29) is 23.3 Å². The highest BCUT2D eigenvalue weighted by Gasteiger charge is 2.21. The van der Waals surface area contributed by atoms with Gasteiger partial charge in [0.1, 0.15) is 0 Å². The fourth-order valence-corrected chi connectivity index (χ4v) is 4.54. The summed E-state index contributed by atoms with van der Waals surface area (Å²) >= 11 is 1.31. The van der Waals surface area contributed by atoms with Gasteiger partial charge in [0.2, 0.25) is 5.91 Å². The molecule has 1 aliphatic rings. The number of carbonyl (C=O) groups is 1. The minimum absolute atomic E-state index is 0.00470. The van der Waals surface area contributed by atoms with Crippen molar-refractivity contribution in [3.63, 3.8) is 0 Å². The highest BCUT2D eigenvalue weighted by atomic mass is 32.2. The number of para-hydroxylation sites is 1. The molecule has 2 heterocycles. The van der Waals surface area contributed by atoms with Crippen molar-refractivity contribution in [2.45, 2.75) is 37.2 Å². The first kappa shape index (κ1) is 20.6. The number of thioether (sulfide) groups is 1. The van der Waals surface area contributed by atoms with Gasteiger partial charge in [0, 0.05) is 20.2 Å². The molecule has 0 N–H and O–H groups in total. The Labute approximate surface area is 179 Å². The summed E-state index contributed by atoms with van der Waals surface area (Å²) in [5.74, 6) is 0.217. The molecule has 1 fully saturated rings. The Bertz CT molecular complexity index is 1080. The Morgan fingerprint density at radius 2 is 1.97 bits per heavy atom. The first-order valence-corrected chi connectivity index (χ1v) is 11.1. The van der Waals surface area contributed by atoms with Crippen LogP contribution in [0.25, 0.3) is 10.9 Å². The predicted octanol–water partition coefficient (Wildman–Crippen LogP) is 3.33. The van der Waals surface area contributed by atoms with Crippen LogP contribution in [0.2, 0.25) is 0 Å². The summed E-state index contributed by atoms with van der Waals surface area (Å²) < 4.78 is 7.41. The van der Waals surface area contributed by atoms with Crippen LogP contribution in [0.5, 0.6) is 0 Å². The molecular formula is C23H25N3O3S. The molecule has 0 saturated carbocycles. The smallest absolute Gasteiger partial charge is 0.262 e. The molecule has 4 rings (SSSR count). The van der Waals surface area contributed by atoms with E-state index in [1.165, 1.54) is 11.8 Å². The van der Waals surface area contributed by atoms with Crippen molar-refractivity contribution in [1.29, 1.82) is 0 Å². The van der Waals surface area contributed by atoms with Gasteiger partial charge in [-0.05, 0) is 30.5 Å². The highest BCUT2D eigenvalue weighted by molar-refractivity contribution is 7.99. The maximum atomic E-state index is 13.1. The fraction of sp³-hybridized carbons (Fsp3) is 0.348. The second-order valence-corrected chi connectivity index (χ2v) is 8.43. The number of rotatable bonds is 7. The van der Waals surface area contributed by atoms with Crippen molar-refractivity contribution in [3.8, 4) is 0 Å². The van der Waals surface area contributed by atoms with Gasteiger partial charge in [-0.15, -0.1) is 0 Å². The van der Waals surface area contributed by atoms with Gasteiger partial charge in [0.05, 0.1) is 29.3 Å². The lowest BCUT2D eigenvalue weighted by Gasteiger charge is -2.19. The SMILES string of the molecule is CN(Cc1ccccc1)C(=O)CSc1nc2ccccc2c(=O)n1C[C@@H]1CCCO1. The van der Waals surface area contributed by atoms with Crippen LogP contribution < -0.4 is 5.56 Å². The Morgan fingerprint density at radius 1 is 1.20 bits per heavy atom. The second kappa shape index (κ2) is 9.45. The molecule has 7 heteroatoms. The quantitative estimate of drug-likeness (QED) is 0.431. The zero-order valence-corrected chi connectivity index (χ0v) is 17.8. The lowest BCUT2D eigenvalue weighted by Crippen LogP contribution is -2.30. The molecule has 1 atom stereocenters. The Morgan fingerprint density at radius 3 is 2.73 bits per heavy atom. The van der Waals surface area contributed by atoms with E-state index in [9.17, 15) is 9.59 Å². The Kier molecular flexibility index (Phi) is 6.50. The molecule has 1 amide bonds. The van der Waals surface area contributed by atoms with Gasteiger partial charge in [0.25, 0.3) is 5.56 Å². The second-order valence-electron chi connectivity index (χ2n) is 7.49. The first-order chi connectivity index (χ1) is 14.6. The third-order valence-corrected chi connectivity index (χ3v) is 6.21. The predicted molar refractivity (Wildman–Crippen MR) is 119 cm³/mol. The zero-order chi connectivity index (χ0) is 20.9. The van der Waals surface area contributed by atoms with E-state index in [0.29, 0.717) is 29.1 Å². The molecule has 2 aromatic carbocycles. The molecule has 1 saturated heterocycles. The van der Waals surface area contributed by atoms with Crippen LogP contribution in [0.4, 0.5) is 0 Å². The standard InChI is InChI=1S/C23H25N3O3S/c1-25(14-17-8-3-2-4-9-17)21(27)16-30-23-24-20-12-6-5-11-19(20)22(28)26(23)15-18-10-7-13-29-18/h2-6,8-9,11-12,18H,7,10,13-16H2,1H3/t18-/m0/s1. The number of ether oxygens (including phenoxy) is 1. The molecule has 0 bridgehead atoms. The summed E-state index contributed by atoms with van der Waals surface area (Å²) in [7, 11) is 1.79. The van der Waals surface area contributed by atoms with Crippen LogP contribution in [0, 0.1) is 0 Å². The molecule has 0 unspecified atom stereocenters. The van der Waals surface area contributed by atoms with E-state index in [4.69, 9.17) is 9.72 Å². The molecule has 0 spiro atoms. The van der Waals surface area contributed by atoms with E-state index in [2.05, 4.69) is 0 Å². The van der Waals surface area contributed by atoms with Crippen molar-refractivity contribution in [3.05, 3.63) is 70.5 Å². The van der Waals surface area contributed by atoms with Crippen LogP contribution in [0.1, 0.15) is 18.4 Å². The lowest BCUT2D eigenvalue weighted by atomic mass is 10.2. The van der Waals surface area contributed by atoms with Gasteiger partial charge in [-0.1, -0.05) is 54.2 Å². The monoisotopic (exact) mass is 423 g/mol. The minimum Gasteiger partial charge on any atom is -0.376 e. The molecule has 0 aliphatic carbocycles. The minimum atomic E-state index is -0.0799. The maximum absolute atomic E-state index is 13.1. The van der Waals surface area contributed by atoms with Crippen molar-refractivity contribution in [2.24, 2.45) is 0 Å². The van der Waals surface area contributed by atoms with Crippen molar-refractivity contribution >= 4 is 28.6 Å². The number of nitrogens with zero attached hydrogens (tertiary/aromatic N) is 3. The summed E-state index contributed by atoms with van der Waals surface area (Å²) in [5, 5.41) is 1.16.